The lowest BCUT2D eigenvalue weighted by Crippen LogP contribution is -2.40. The van der Waals surface area contributed by atoms with Gasteiger partial charge in [-0.1, -0.05) is 35.4 Å². The first-order valence-electron chi connectivity index (χ1n) is 10.2. The van der Waals surface area contributed by atoms with E-state index in [0.29, 0.717) is 37.2 Å². The van der Waals surface area contributed by atoms with E-state index in [4.69, 9.17) is 4.74 Å². The van der Waals surface area contributed by atoms with Gasteiger partial charge in [0.25, 0.3) is 5.91 Å². The first kappa shape index (κ1) is 20.0. The van der Waals surface area contributed by atoms with Gasteiger partial charge in [-0.05, 0) is 44.4 Å². The minimum atomic E-state index is -0.952. The Labute approximate surface area is 175 Å². The fourth-order valence-electron chi connectivity index (χ4n) is 4.56. The van der Waals surface area contributed by atoms with E-state index in [9.17, 15) is 14.7 Å². The van der Waals surface area contributed by atoms with Crippen molar-refractivity contribution in [3.8, 4) is 5.75 Å². The number of carbonyl (C=O) groups excluding carboxylic acids is 1. The summed E-state index contributed by atoms with van der Waals surface area (Å²) in [4.78, 5) is 26.5. The van der Waals surface area contributed by atoms with Crippen LogP contribution in [0.5, 0.6) is 5.75 Å². The van der Waals surface area contributed by atoms with Crippen molar-refractivity contribution in [3.63, 3.8) is 0 Å². The molecule has 1 aliphatic rings. The zero-order valence-electron chi connectivity index (χ0n) is 17.5. The lowest BCUT2D eigenvalue weighted by molar-refractivity contribution is -0.141. The lowest BCUT2D eigenvalue weighted by Gasteiger charge is -2.21. The van der Waals surface area contributed by atoms with Gasteiger partial charge in [-0.25, -0.2) is 4.79 Å². The van der Waals surface area contributed by atoms with Gasteiger partial charge in [-0.3, -0.25) is 4.79 Å². The number of benzene rings is 2. The number of methoxy groups -OCH3 is 1. The van der Waals surface area contributed by atoms with Gasteiger partial charge in [0, 0.05) is 19.3 Å². The van der Waals surface area contributed by atoms with Crippen LogP contribution in [0.3, 0.4) is 0 Å². The molecule has 0 aliphatic carbocycles. The van der Waals surface area contributed by atoms with E-state index in [-0.39, 0.29) is 5.91 Å². The Morgan fingerprint density at radius 2 is 1.90 bits per heavy atom. The highest BCUT2D eigenvalue weighted by Gasteiger charge is 2.36. The molecule has 2 aromatic carbocycles. The summed E-state index contributed by atoms with van der Waals surface area (Å²) in [6.45, 7) is 5.21. The summed E-state index contributed by atoms with van der Waals surface area (Å²) in [7, 11) is 1.58. The van der Waals surface area contributed by atoms with E-state index in [0.717, 1.165) is 16.5 Å². The largest absolute Gasteiger partial charge is 0.496 e. The topological polar surface area (TPSA) is 71.8 Å². The number of rotatable bonds is 5. The summed E-state index contributed by atoms with van der Waals surface area (Å²) in [5, 5.41) is 10.2. The molecule has 1 aromatic heterocycles. The minimum absolute atomic E-state index is 0.256. The number of likely N-dealkylation sites (tertiary alicyclic amines) is 1. The van der Waals surface area contributed by atoms with Gasteiger partial charge in [-0.2, -0.15) is 0 Å². The monoisotopic (exact) mass is 406 g/mol. The van der Waals surface area contributed by atoms with E-state index >= 15 is 0 Å². The van der Waals surface area contributed by atoms with Gasteiger partial charge in [0.15, 0.2) is 0 Å². The fourth-order valence-corrected chi connectivity index (χ4v) is 4.56. The Hall–Kier alpha value is -3.28. The molecule has 0 radical (unpaired) electrons. The number of fused-ring (bicyclic) bond motifs is 1. The van der Waals surface area contributed by atoms with E-state index in [1.807, 2.05) is 29.0 Å². The molecule has 6 nitrogen and oxygen atoms in total. The van der Waals surface area contributed by atoms with Crippen LogP contribution in [0, 0.1) is 13.8 Å². The molecule has 1 N–H and O–H groups in total. The Bertz CT molecular complexity index is 1110. The highest BCUT2D eigenvalue weighted by atomic mass is 16.5. The van der Waals surface area contributed by atoms with Crippen molar-refractivity contribution >= 4 is 22.8 Å². The number of hydrogen-bond acceptors (Lipinski definition) is 3. The zero-order chi connectivity index (χ0) is 21.4. The van der Waals surface area contributed by atoms with Crippen molar-refractivity contribution < 1.29 is 19.4 Å². The Kier molecular flexibility index (Phi) is 5.24. The normalized spacial score (nSPS) is 16.2. The van der Waals surface area contributed by atoms with Gasteiger partial charge in [-0.15, -0.1) is 0 Å². The SMILES string of the molecule is COc1cccc2c1c(C(=O)N1CCCC1C(=O)O)cn2Cc1cc(C)cc(C)c1. The molecule has 156 valence electrons. The van der Waals surface area contributed by atoms with Gasteiger partial charge < -0.3 is 19.3 Å². The number of hydrogen-bond donors (Lipinski definition) is 1. The fraction of sp³-hybridized carbons (Fsp3) is 0.333. The second kappa shape index (κ2) is 7.86. The summed E-state index contributed by atoms with van der Waals surface area (Å²) in [5.41, 5.74) is 4.91. The number of aliphatic carboxylic acids is 1. The van der Waals surface area contributed by atoms with E-state index in [2.05, 4.69) is 32.0 Å². The first-order chi connectivity index (χ1) is 14.4. The molecule has 1 atom stereocenters. The Morgan fingerprint density at radius 3 is 2.57 bits per heavy atom. The van der Waals surface area contributed by atoms with Crippen LogP contribution in [-0.4, -0.2) is 46.1 Å². The maximum absolute atomic E-state index is 13.4. The molecule has 1 aliphatic heterocycles. The standard InChI is InChI=1S/C24H26N2O4/c1-15-10-16(2)12-17(11-15)13-25-14-18(22-19(25)6-4-8-21(22)30-3)23(27)26-9-5-7-20(26)24(28)29/h4,6,8,10-12,14,20H,5,7,9,13H2,1-3H3,(H,28,29). The summed E-state index contributed by atoms with van der Waals surface area (Å²) in [6.07, 6.45) is 3.02. The molecule has 1 saturated heterocycles. The van der Waals surface area contributed by atoms with Crippen molar-refractivity contribution in [2.45, 2.75) is 39.3 Å². The summed E-state index contributed by atoms with van der Waals surface area (Å²) in [6, 6.07) is 11.3. The maximum atomic E-state index is 13.4. The van der Waals surface area contributed by atoms with Crippen molar-refractivity contribution in [2.24, 2.45) is 0 Å². The van der Waals surface area contributed by atoms with Crippen molar-refractivity contribution in [1.82, 2.24) is 9.47 Å². The lowest BCUT2D eigenvalue weighted by atomic mass is 10.1. The predicted octanol–water partition coefficient (Wildman–Crippen LogP) is 4.00. The second-order valence-corrected chi connectivity index (χ2v) is 8.02. The van der Waals surface area contributed by atoms with Gasteiger partial charge >= 0.3 is 5.97 Å². The second-order valence-electron chi connectivity index (χ2n) is 8.02. The number of ether oxygens (including phenoxy) is 1. The number of carbonyl (C=O) groups is 2. The quantitative estimate of drug-likeness (QED) is 0.695. The van der Waals surface area contributed by atoms with Crippen molar-refractivity contribution in [1.29, 1.82) is 0 Å². The number of aryl methyl sites for hydroxylation is 2. The highest BCUT2D eigenvalue weighted by Crippen LogP contribution is 2.33. The molecule has 30 heavy (non-hydrogen) atoms. The highest BCUT2D eigenvalue weighted by molar-refractivity contribution is 6.10. The summed E-state index contributed by atoms with van der Waals surface area (Å²) in [5.74, 6) is -0.596. The third-order valence-electron chi connectivity index (χ3n) is 5.75. The zero-order valence-corrected chi connectivity index (χ0v) is 17.5. The molecule has 3 aromatic rings. The van der Waals surface area contributed by atoms with Gasteiger partial charge in [0.1, 0.15) is 11.8 Å². The first-order valence-corrected chi connectivity index (χ1v) is 10.2. The Morgan fingerprint density at radius 1 is 1.17 bits per heavy atom. The van der Waals surface area contributed by atoms with Crippen LogP contribution in [-0.2, 0) is 11.3 Å². The van der Waals surface area contributed by atoms with E-state index < -0.39 is 12.0 Å². The number of carboxylic acid groups (broad SMARTS) is 1. The number of amides is 1. The summed E-state index contributed by atoms with van der Waals surface area (Å²) < 4.78 is 7.60. The van der Waals surface area contributed by atoms with Crippen LogP contribution in [0.4, 0.5) is 0 Å². The molecule has 1 amide bonds. The van der Waals surface area contributed by atoms with Crippen LogP contribution in [0.25, 0.3) is 10.9 Å². The molecule has 1 fully saturated rings. The minimum Gasteiger partial charge on any atom is -0.496 e. The predicted molar refractivity (Wildman–Crippen MR) is 115 cm³/mol. The van der Waals surface area contributed by atoms with Crippen LogP contribution in [0.2, 0.25) is 0 Å². The van der Waals surface area contributed by atoms with Crippen LogP contribution in [0.1, 0.15) is 39.9 Å². The third kappa shape index (κ3) is 3.54. The molecule has 0 bridgehead atoms. The molecule has 6 heteroatoms. The third-order valence-corrected chi connectivity index (χ3v) is 5.75. The molecule has 1 unspecified atom stereocenters. The van der Waals surface area contributed by atoms with E-state index in [1.165, 1.54) is 16.0 Å². The summed E-state index contributed by atoms with van der Waals surface area (Å²) >= 11 is 0. The van der Waals surface area contributed by atoms with Crippen LogP contribution < -0.4 is 4.74 Å². The number of aromatic nitrogens is 1. The molecule has 0 saturated carbocycles. The molecule has 0 spiro atoms. The van der Waals surface area contributed by atoms with Crippen LogP contribution in [0.15, 0.2) is 42.6 Å². The molecule has 2 heterocycles. The molecular weight excluding hydrogens is 380 g/mol. The maximum Gasteiger partial charge on any atom is 0.326 e. The molecular formula is C24H26N2O4. The molecule has 4 rings (SSSR count). The van der Waals surface area contributed by atoms with Crippen LogP contribution >= 0.6 is 0 Å². The number of carboxylic acids is 1. The van der Waals surface area contributed by atoms with Crippen molar-refractivity contribution in [3.05, 3.63) is 64.8 Å². The van der Waals surface area contributed by atoms with Gasteiger partial charge in [0.05, 0.1) is 23.6 Å². The Balaban J connectivity index is 1.82. The van der Waals surface area contributed by atoms with Gasteiger partial charge in [0.2, 0.25) is 0 Å². The average molecular weight is 406 g/mol. The van der Waals surface area contributed by atoms with Crippen molar-refractivity contribution in [2.75, 3.05) is 13.7 Å². The average Bonchev–Trinajstić information content (AvgIpc) is 3.32. The smallest absolute Gasteiger partial charge is 0.326 e. The number of nitrogens with zero attached hydrogens (tertiary/aromatic N) is 2. The van der Waals surface area contributed by atoms with E-state index in [1.54, 1.807) is 7.11 Å².